The number of nitrogens with one attached hydrogen (secondary N) is 2. The number of thiazole rings is 1. The number of nitrogens with zero attached hydrogens (tertiary/aromatic N) is 2. The molecule has 0 unspecified atom stereocenters. The summed E-state index contributed by atoms with van der Waals surface area (Å²) in [5.41, 5.74) is 3.83. The quantitative estimate of drug-likeness (QED) is 0.214. The van der Waals surface area contributed by atoms with Gasteiger partial charge in [0, 0.05) is 41.8 Å². The van der Waals surface area contributed by atoms with Gasteiger partial charge in [-0.2, -0.15) is 0 Å². The zero-order valence-corrected chi connectivity index (χ0v) is 25.3. The molecular formula is C34H38N4O4S. The number of aryl methyl sites for hydroxylation is 1. The molecule has 0 aliphatic carbocycles. The van der Waals surface area contributed by atoms with E-state index in [0.717, 1.165) is 40.4 Å². The van der Waals surface area contributed by atoms with Gasteiger partial charge in [0.2, 0.25) is 0 Å². The molecular weight excluding hydrogens is 560 g/mol. The number of benzene rings is 3. The molecule has 9 heteroatoms. The lowest BCUT2D eigenvalue weighted by molar-refractivity contribution is 0.0735. The van der Waals surface area contributed by atoms with E-state index in [-0.39, 0.29) is 24.4 Å². The molecule has 0 bridgehead atoms. The minimum Gasteiger partial charge on any atom is -0.497 e. The molecule has 3 N–H and O–H groups in total. The summed E-state index contributed by atoms with van der Waals surface area (Å²) in [6, 6.07) is 23.7. The minimum absolute atomic E-state index is 0.0430. The van der Waals surface area contributed by atoms with E-state index in [2.05, 4.69) is 15.6 Å². The number of aliphatic hydroxyl groups is 1. The first kappa shape index (κ1) is 30.4. The maximum Gasteiger partial charge on any atom is 0.254 e. The number of methoxy groups -OCH3 is 1. The van der Waals surface area contributed by atoms with Gasteiger partial charge in [-0.1, -0.05) is 48.5 Å². The van der Waals surface area contributed by atoms with Crippen LogP contribution in [0.4, 0.5) is 0 Å². The minimum atomic E-state index is -0.855. The second-order valence-electron chi connectivity index (χ2n) is 10.9. The second kappa shape index (κ2) is 14.4. The van der Waals surface area contributed by atoms with Crippen molar-refractivity contribution in [1.29, 1.82) is 0 Å². The summed E-state index contributed by atoms with van der Waals surface area (Å²) in [5, 5.41) is 20.5. The first-order chi connectivity index (χ1) is 20.9. The zero-order chi connectivity index (χ0) is 30.2. The van der Waals surface area contributed by atoms with E-state index in [4.69, 9.17) is 4.74 Å². The molecule has 0 spiro atoms. The van der Waals surface area contributed by atoms with Crippen LogP contribution in [0.25, 0.3) is 0 Å². The Labute approximate surface area is 256 Å². The van der Waals surface area contributed by atoms with Crippen LogP contribution in [0.5, 0.6) is 5.75 Å². The summed E-state index contributed by atoms with van der Waals surface area (Å²) in [6.45, 7) is 3.44. The number of hydrogen-bond acceptors (Lipinski definition) is 7. The Balaban J connectivity index is 1.27. The van der Waals surface area contributed by atoms with Gasteiger partial charge >= 0.3 is 0 Å². The fourth-order valence-corrected chi connectivity index (χ4v) is 6.39. The molecule has 5 rings (SSSR count). The number of amides is 2. The molecule has 3 atom stereocenters. The molecule has 1 aliphatic heterocycles. The summed E-state index contributed by atoms with van der Waals surface area (Å²) in [4.78, 5) is 33.6. The number of rotatable bonds is 12. The summed E-state index contributed by atoms with van der Waals surface area (Å²) in [6.07, 6.45) is 1.39. The van der Waals surface area contributed by atoms with Crippen LogP contribution in [0.15, 0.2) is 84.2 Å². The average molecular weight is 599 g/mol. The maximum atomic E-state index is 13.6. The predicted octanol–water partition coefficient (Wildman–Crippen LogP) is 4.93. The Kier molecular flexibility index (Phi) is 10.2. The van der Waals surface area contributed by atoms with Gasteiger partial charge in [-0.15, -0.1) is 11.3 Å². The van der Waals surface area contributed by atoms with Crippen molar-refractivity contribution in [2.75, 3.05) is 20.2 Å². The van der Waals surface area contributed by atoms with Crippen molar-refractivity contribution in [1.82, 2.24) is 20.5 Å². The normalized spacial score (nSPS) is 16.1. The van der Waals surface area contributed by atoms with E-state index in [0.29, 0.717) is 30.6 Å². The Hall–Kier alpha value is -4.05. The van der Waals surface area contributed by atoms with E-state index in [1.54, 1.807) is 42.7 Å². The Morgan fingerprint density at radius 3 is 2.58 bits per heavy atom. The van der Waals surface area contributed by atoms with Crippen molar-refractivity contribution >= 4 is 23.2 Å². The van der Waals surface area contributed by atoms with E-state index >= 15 is 0 Å². The number of carbonyl (C=O) groups is 2. The van der Waals surface area contributed by atoms with Crippen LogP contribution in [0.1, 0.15) is 61.4 Å². The van der Waals surface area contributed by atoms with Crippen LogP contribution in [0.2, 0.25) is 0 Å². The van der Waals surface area contributed by atoms with Gasteiger partial charge in [0.1, 0.15) is 10.8 Å². The van der Waals surface area contributed by atoms with Gasteiger partial charge in [0.05, 0.1) is 25.3 Å². The smallest absolute Gasteiger partial charge is 0.254 e. The van der Waals surface area contributed by atoms with Crippen LogP contribution in [-0.4, -0.2) is 59.1 Å². The van der Waals surface area contributed by atoms with E-state index in [9.17, 15) is 14.7 Å². The average Bonchev–Trinajstić information content (AvgIpc) is 3.70. The van der Waals surface area contributed by atoms with Crippen LogP contribution in [-0.2, 0) is 13.0 Å². The van der Waals surface area contributed by atoms with Crippen molar-refractivity contribution in [3.63, 3.8) is 0 Å². The SMILES string of the molecule is COc1cccc(CNC[C@H](O)[C@H](Cc2ccccc2)NC(=O)c2cccc(C(=O)N3CCC[C@@H]3c3nc(C)cs3)c2)c1. The first-order valence-corrected chi connectivity index (χ1v) is 15.5. The molecule has 4 aromatic rings. The van der Waals surface area contributed by atoms with Gasteiger partial charge < -0.3 is 25.4 Å². The number of aliphatic hydroxyl groups excluding tert-OH is 1. The number of hydrogen-bond donors (Lipinski definition) is 3. The van der Waals surface area contributed by atoms with Crippen LogP contribution in [0.3, 0.4) is 0 Å². The lowest BCUT2D eigenvalue weighted by Crippen LogP contribution is -2.48. The van der Waals surface area contributed by atoms with Crippen LogP contribution < -0.4 is 15.4 Å². The number of carbonyl (C=O) groups excluding carboxylic acids is 2. The molecule has 3 aromatic carbocycles. The molecule has 8 nitrogen and oxygen atoms in total. The number of aromatic nitrogens is 1. The standard InChI is InChI=1S/C34H38N4O4S/c1-23-22-43-33(36-23)30-15-8-16-38(30)34(41)27-13-7-12-26(19-27)32(40)37-29(18-24-9-4-3-5-10-24)31(39)21-35-20-25-11-6-14-28(17-25)42-2/h3-7,9-14,17,19,22,29-31,35,39H,8,15-16,18,20-21H2,1-2H3,(H,37,40)/t29-,30+,31-/m0/s1. The van der Waals surface area contributed by atoms with Crippen molar-refractivity contribution in [2.45, 2.75) is 50.9 Å². The second-order valence-corrected chi connectivity index (χ2v) is 11.8. The highest BCUT2D eigenvalue weighted by Crippen LogP contribution is 2.34. The zero-order valence-electron chi connectivity index (χ0n) is 24.5. The summed E-state index contributed by atoms with van der Waals surface area (Å²) in [5.74, 6) is 0.330. The maximum absolute atomic E-state index is 13.6. The lowest BCUT2D eigenvalue weighted by atomic mass is 10.00. The van der Waals surface area contributed by atoms with Gasteiger partial charge in [-0.05, 0) is 67.6 Å². The molecule has 1 fully saturated rings. The Morgan fingerprint density at radius 1 is 1.05 bits per heavy atom. The predicted molar refractivity (Wildman–Crippen MR) is 168 cm³/mol. The van der Waals surface area contributed by atoms with Crippen molar-refractivity contribution in [2.24, 2.45) is 0 Å². The van der Waals surface area contributed by atoms with Crippen LogP contribution >= 0.6 is 11.3 Å². The monoisotopic (exact) mass is 598 g/mol. The van der Waals surface area contributed by atoms with E-state index in [1.165, 1.54) is 0 Å². The fourth-order valence-electron chi connectivity index (χ4n) is 5.44. The van der Waals surface area contributed by atoms with Gasteiger partial charge in [0.25, 0.3) is 11.8 Å². The molecule has 1 saturated heterocycles. The topological polar surface area (TPSA) is 104 Å². The van der Waals surface area contributed by atoms with Crippen molar-refractivity contribution in [3.05, 3.63) is 117 Å². The Morgan fingerprint density at radius 2 is 1.81 bits per heavy atom. The van der Waals surface area contributed by atoms with Crippen LogP contribution in [0, 0.1) is 6.92 Å². The Bertz CT molecular complexity index is 1530. The number of ether oxygens (including phenoxy) is 1. The fraction of sp³-hybridized carbons (Fsp3) is 0.324. The third-order valence-electron chi connectivity index (χ3n) is 7.70. The molecule has 224 valence electrons. The third-order valence-corrected chi connectivity index (χ3v) is 8.77. The molecule has 43 heavy (non-hydrogen) atoms. The lowest BCUT2D eigenvalue weighted by Gasteiger charge is -2.25. The third kappa shape index (κ3) is 7.87. The first-order valence-electron chi connectivity index (χ1n) is 14.6. The van der Waals surface area contributed by atoms with Crippen molar-refractivity contribution in [3.8, 4) is 5.75 Å². The summed E-state index contributed by atoms with van der Waals surface area (Å²) < 4.78 is 5.30. The van der Waals surface area contributed by atoms with Gasteiger partial charge in [0.15, 0.2) is 0 Å². The molecule has 1 aromatic heterocycles. The molecule has 1 aliphatic rings. The molecule has 2 heterocycles. The molecule has 2 amide bonds. The number of likely N-dealkylation sites (tertiary alicyclic amines) is 1. The summed E-state index contributed by atoms with van der Waals surface area (Å²) >= 11 is 1.58. The largest absolute Gasteiger partial charge is 0.497 e. The van der Waals surface area contributed by atoms with E-state index < -0.39 is 12.1 Å². The molecule has 0 radical (unpaired) electrons. The highest BCUT2D eigenvalue weighted by molar-refractivity contribution is 7.09. The highest BCUT2D eigenvalue weighted by Gasteiger charge is 2.33. The molecule has 0 saturated carbocycles. The van der Waals surface area contributed by atoms with Crippen molar-refractivity contribution < 1.29 is 19.4 Å². The van der Waals surface area contributed by atoms with Gasteiger partial charge in [-0.25, -0.2) is 4.98 Å². The summed E-state index contributed by atoms with van der Waals surface area (Å²) in [7, 11) is 1.63. The van der Waals surface area contributed by atoms with E-state index in [1.807, 2.05) is 71.8 Å². The highest BCUT2D eigenvalue weighted by atomic mass is 32.1. The van der Waals surface area contributed by atoms with Gasteiger partial charge in [-0.3, -0.25) is 9.59 Å².